The van der Waals surface area contributed by atoms with Gasteiger partial charge in [0.25, 0.3) is 5.91 Å². The van der Waals surface area contributed by atoms with Crippen LogP contribution in [0.15, 0.2) is 48.5 Å². The highest BCUT2D eigenvalue weighted by Crippen LogP contribution is 2.27. The summed E-state index contributed by atoms with van der Waals surface area (Å²) in [4.78, 5) is 25.8. The van der Waals surface area contributed by atoms with Gasteiger partial charge < -0.3 is 20.7 Å². The number of aryl methyl sites for hydroxylation is 1. The minimum Gasteiger partial charge on any atom is -0.497 e. The van der Waals surface area contributed by atoms with Crippen LogP contribution in [0, 0.1) is 12.8 Å². The van der Waals surface area contributed by atoms with Crippen LogP contribution in [0.2, 0.25) is 0 Å². The topological polar surface area (TPSA) is 79.5 Å². The van der Waals surface area contributed by atoms with Crippen molar-refractivity contribution in [3.05, 3.63) is 59.7 Å². The smallest absolute Gasteiger partial charge is 0.251 e. The fraction of sp³-hybridized carbons (Fsp3) is 0.440. The molecule has 0 heterocycles. The normalized spacial score (nSPS) is 15.0. The van der Waals surface area contributed by atoms with Crippen molar-refractivity contribution in [2.45, 2.75) is 45.1 Å². The lowest BCUT2D eigenvalue weighted by Crippen LogP contribution is -2.52. The van der Waals surface area contributed by atoms with Crippen LogP contribution in [0.5, 0.6) is 5.75 Å². The first kappa shape index (κ1) is 22.7. The molecule has 6 nitrogen and oxygen atoms in total. The van der Waals surface area contributed by atoms with Crippen molar-refractivity contribution in [1.82, 2.24) is 10.6 Å². The minimum absolute atomic E-state index is 0.107. The van der Waals surface area contributed by atoms with E-state index < -0.39 is 6.04 Å². The molecule has 166 valence electrons. The van der Waals surface area contributed by atoms with E-state index in [0.717, 1.165) is 42.7 Å². The van der Waals surface area contributed by atoms with Gasteiger partial charge in [0, 0.05) is 24.3 Å². The molecular weight excluding hydrogens is 390 g/mol. The molecule has 0 aliphatic heterocycles. The van der Waals surface area contributed by atoms with Crippen molar-refractivity contribution in [1.29, 1.82) is 0 Å². The van der Waals surface area contributed by atoms with E-state index in [1.807, 2.05) is 49.4 Å². The van der Waals surface area contributed by atoms with E-state index in [0.29, 0.717) is 18.7 Å². The van der Waals surface area contributed by atoms with Crippen LogP contribution < -0.4 is 20.7 Å². The molecule has 1 fully saturated rings. The second-order valence-electron chi connectivity index (χ2n) is 8.17. The van der Waals surface area contributed by atoms with Gasteiger partial charge in [-0.2, -0.15) is 0 Å². The standard InChI is InChI=1S/C25H33N3O3/c1-18-7-6-10-20(17-18)24(29)28-23(19-8-4-3-5-9-19)25(30)27-16-15-26-21-11-13-22(31-2)14-12-21/h6-7,10-14,17,19,23,26H,3-5,8-9,15-16H2,1-2H3,(H,27,30)(H,28,29)/t23-/m0/s1. The highest BCUT2D eigenvalue weighted by Gasteiger charge is 2.31. The van der Waals surface area contributed by atoms with Crippen molar-refractivity contribution in [3.63, 3.8) is 0 Å². The molecule has 3 N–H and O–H groups in total. The van der Waals surface area contributed by atoms with E-state index in [9.17, 15) is 9.59 Å². The summed E-state index contributed by atoms with van der Waals surface area (Å²) < 4.78 is 5.16. The van der Waals surface area contributed by atoms with Gasteiger partial charge in [0.05, 0.1) is 7.11 Å². The maximum Gasteiger partial charge on any atom is 0.251 e. The van der Waals surface area contributed by atoms with Crippen molar-refractivity contribution < 1.29 is 14.3 Å². The van der Waals surface area contributed by atoms with Crippen LogP contribution in [0.3, 0.4) is 0 Å². The predicted molar refractivity (Wildman–Crippen MR) is 124 cm³/mol. The first-order valence-electron chi connectivity index (χ1n) is 11.1. The monoisotopic (exact) mass is 423 g/mol. The number of carbonyl (C=O) groups excluding carboxylic acids is 2. The molecule has 6 heteroatoms. The Morgan fingerprint density at radius 2 is 1.77 bits per heavy atom. The zero-order chi connectivity index (χ0) is 22.1. The van der Waals surface area contributed by atoms with Crippen LogP contribution in [0.4, 0.5) is 5.69 Å². The third-order valence-electron chi connectivity index (χ3n) is 5.81. The Balaban J connectivity index is 1.56. The Morgan fingerprint density at radius 3 is 2.45 bits per heavy atom. The van der Waals surface area contributed by atoms with Crippen molar-refractivity contribution in [2.75, 3.05) is 25.5 Å². The number of rotatable bonds is 9. The van der Waals surface area contributed by atoms with E-state index in [4.69, 9.17) is 4.74 Å². The first-order valence-corrected chi connectivity index (χ1v) is 11.1. The summed E-state index contributed by atoms with van der Waals surface area (Å²) in [6.45, 7) is 3.04. The van der Waals surface area contributed by atoms with E-state index in [-0.39, 0.29) is 17.7 Å². The Kier molecular flexibility index (Phi) is 8.33. The summed E-state index contributed by atoms with van der Waals surface area (Å²) in [6.07, 6.45) is 5.34. The molecule has 0 saturated heterocycles. The highest BCUT2D eigenvalue weighted by atomic mass is 16.5. The number of hydrogen-bond donors (Lipinski definition) is 3. The van der Waals surface area contributed by atoms with Crippen molar-refractivity contribution in [2.24, 2.45) is 5.92 Å². The summed E-state index contributed by atoms with van der Waals surface area (Å²) in [5.74, 6) is 0.686. The van der Waals surface area contributed by atoms with Crippen molar-refractivity contribution in [3.8, 4) is 5.75 Å². The Bertz CT molecular complexity index is 861. The average Bonchev–Trinajstić information content (AvgIpc) is 2.81. The number of carbonyl (C=O) groups is 2. The van der Waals surface area contributed by atoms with E-state index >= 15 is 0 Å². The number of hydrogen-bond acceptors (Lipinski definition) is 4. The quantitative estimate of drug-likeness (QED) is 0.534. The summed E-state index contributed by atoms with van der Waals surface area (Å²) in [7, 11) is 1.64. The molecule has 1 atom stereocenters. The van der Waals surface area contributed by atoms with E-state index in [2.05, 4.69) is 16.0 Å². The van der Waals surface area contributed by atoms with Gasteiger partial charge in [0.2, 0.25) is 5.91 Å². The summed E-state index contributed by atoms with van der Waals surface area (Å²) in [6, 6.07) is 14.6. The van der Waals surface area contributed by atoms with Gasteiger partial charge in [0.15, 0.2) is 0 Å². The molecule has 2 aromatic carbocycles. The van der Waals surface area contributed by atoms with Gasteiger partial charge in [-0.25, -0.2) is 0 Å². The second-order valence-corrected chi connectivity index (χ2v) is 8.17. The van der Waals surface area contributed by atoms with Gasteiger partial charge in [-0.15, -0.1) is 0 Å². The van der Waals surface area contributed by atoms with Crippen molar-refractivity contribution >= 4 is 17.5 Å². The van der Waals surface area contributed by atoms with E-state index in [1.54, 1.807) is 13.2 Å². The molecule has 3 rings (SSSR count). The van der Waals surface area contributed by atoms with Gasteiger partial charge in [-0.05, 0) is 62.1 Å². The molecule has 0 aromatic heterocycles. The van der Waals surface area contributed by atoms with Crippen LogP contribution >= 0.6 is 0 Å². The average molecular weight is 424 g/mol. The predicted octanol–water partition coefficient (Wildman–Crippen LogP) is 3.91. The maximum absolute atomic E-state index is 13.0. The third-order valence-corrected chi connectivity index (χ3v) is 5.81. The minimum atomic E-state index is -0.505. The number of benzene rings is 2. The fourth-order valence-electron chi connectivity index (χ4n) is 4.09. The lowest BCUT2D eigenvalue weighted by atomic mass is 9.83. The molecule has 1 aliphatic rings. The summed E-state index contributed by atoms with van der Waals surface area (Å²) in [5, 5.41) is 9.30. The number of amides is 2. The molecule has 0 bridgehead atoms. The number of methoxy groups -OCH3 is 1. The van der Waals surface area contributed by atoms with Crippen LogP contribution in [-0.2, 0) is 4.79 Å². The van der Waals surface area contributed by atoms with Crippen LogP contribution in [-0.4, -0.2) is 38.1 Å². The van der Waals surface area contributed by atoms with Crippen LogP contribution in [0.1, 0.15) is 48.0 Å². The van der Waals surface area contributed by atoms with Gasteiger partial charge >= 0.3 is 0 Å². The zero-order valence-electron chi connectivity index (χ0n) is 18.4. The highest BCUT2D eigenvalue weighted by molar-refractivity contribution is 5.97. The van der Waals surface area contributed by atoms with E-state index in [1.165, 1.54) is 6.42 Å². The third kappa shape index (κ3) is 6.74. The summed E-state index contributed by atoms with van der Waals surface area (Å²) in [5.41, 5.74) is 2.58. The molecular formula is C25H33N3O3. The number of nitrogens with one attached hydrogen (secondary N) is 3. The lowest BCUT2D eigenvalue weighted by Gasteiger charge is -2.30. The molecule has 31 heavy (non-hydrogen) atoms. The molecule has 1 aliphatic carbocycles. The SMILES string of the molecule is COc1ccc(NCCNC(=O)[C@@H](NC(=O)c2cccc(C)c2)C2CCCCC2)cc1. The molecule has 0 spiro atoms. The van der Waals surface area contributed by atoms with Gasteiger partial charge in [-0.3, -0.25) is 9.59 Å². The Labute approximate surface area is 184 Å². The molecule has 2 amide bonds. The molecule has 0 unspecified atom stereocenters. The number of ether oxygens (including phenoxy) is 1. The summed E-state index contributed by atoms with van der Waals surface area (Å²) >= 11 is 0. The second kappa shape index (κ2) is 11.4. The Hall–Kier alpha value is -3.02. The first-order chi connectivity index (χ1) is 15.1. The van der Waals surface area contributed by atoms with Gasteiger partial charge in [-0.1, -0.05) is 37.0 Å². The zero-order valence-corrected chi connectivity index (χ0v) is 18.4. The van der Waals surface area contributed by atoms with Crippen LogP contribution in [0.25, 0.3) is 0 Å². The molecule has 1 saturated carbocycles. The van der Waals surface area contributed by atoms with Gasteiger partial charge in [0.1, 0.15) is 11.8 Å². The number of anilines is 1. The Morgan fingerprint density at radius 1 is 1.03 bits per heavy atom. The molecule has 2 aromatic rings. The fourth-order valence-corrected chi connectivity index (χ4v) is 4.09. The molecule has 0 radical (unpaired) electrons. The largest absolute Gasteiger partial charge is 0.497 e. The maximum atomic E-state index is 13.0. The lowest BCUT2D eigenvalue weighted by molar-refractivity contribution is -0.124.